The number of aryl methyl sites for hydroxylation is 2. The number of hydrogen-bond donors (Lipinski definition) is 0. The highest BCUT2D eigenvalue weighted by molar-refractivity contribution is 6.89. The van der Waals surface area contributed by atoms with Crippen LogP contribution in [0.5, 0.6) is 0 Å². The summed E-state index contributed by atoms with van der Waals surface area (Å²) in [5, 5.41) is 3.68. The molecule has 2 aliphatic heterocycles. The molecule has 0 atom stereocenters. The first kappa shape index (κ1) is 54.5. The van der Waals surface area contributed by atoms with Crippen LogP contribution < -0.4 is 20.9 Å². The lowest BCUT2D eigenvalue weighted by Gasteiger charge is -2.40. The highest BCUT2D eigenvalue weighted by atomic mass is 16.3. The number of aromatic nitrogens is 1. The van der Waals surface area contributed by atoms with Gasteiger partial charge in [-0.1, -0.05) is 206 Å². The second-order valence-electron chi connectivity index (χ2n) is 31.0. The Morgan fingerprint density at radius 1 is 0.443 bits per heavy atom. The minimum absolute atomic E-state index is 0.00254. The van der Waals surface area contributed by atoms with Crippen LogP contribution in [0.4, 0.5) is 34.1 Å². The summed E-state index contributed by atoms with van der Waals surface area (Å²) in [5.41, 5.74) is 26.4. The Bertz CT molecular complexity index is 3920. The lowest BCUT2D eigenvalue weighted by molar-refractivity contribution is 0.557. The van der Waals surface area contributed by atoms with Crippen LogP contribution in [0.2, 0.25) is 0 Å². The van der Waals surface area contributed by atoms with E-state index in [2.05, 4.69) is 289 Å². The van der Waals surface area contributed by atoms with Gasteiger partial charge in [0, 0.05) is 55.4 Å². The molecule has 4 heterocycles. The molecule has 0 amide bonds. The molecule has 0 aliphatic carbocycles. The number of nitrogens with zero attached hydrogens (tertiary/aromatic N) is 3. The van der Waals surface area contributed by atoms with Crippen molar-refractivity contribution in [2.45, 2.75) is 197 Å². The van der Waals surface area contributed by atoms with Gasteiger partial charge in [0.05, 0.1) is 17.1 Å². The van der Waals surface area contributed by atoms with E-state index in [1.807, 2.05) is 0 Å². The zero-order chi connectivity index (χ0) is 57.4. The fourth-order valence-corrected chi connectivity index (χ4v) is 12.8. The Morgan fingerprint density at radius 3 is 1.47 bits per heavy atom. The molecule has 0 spiro atoms. The predicted octanol–water partition coefficient (Wildman–Crippen LogP) is 20.1. The Kier molecular flexibility index (Phi) is 12.1. The number of rotatable bonds is 4. The van der Waals surface area contributed by atoms with E-state index in [0.717, 1.165) is 33.7 Å². The second kappa shape index (κ2) is 17.5. The van der Waals surface area contributed by atoms with Gasteiger partial charge in [-0.3, -0.25) is 0 Å². The SMILES string of the molecule is Cc1cc(C(C)(C)C)cc(C)c1N(c1ccc(C(C)(C)C)cc1)c1ccc2c3c1c1cc(C(C)(C)C)ccc1n3B1c3oc4c(C(C)(C)C)cc(C(C)(C)C)cc4c3N(c3ccc(C(C)(C)C)cc3)c3cc(C(C)(C)C)cc-2c31. The summed E-state index contributed by atoms with van der Waals surface area (Å²) in [5.74, 6) is 0. The molecular formula is C74H88BN3O. The molecule has 0 N–H and O–H groups in total. The molecule has 0 saturated heterocycles. The molecule has 0 saturated carbocycles. The maximum atomic E-state index is 7.89. The summed E-state index contributed by atoms with van der Waals surface area (Å²) in [6.45, 7) is 53.5. The van der Waals surface area contributed by atoms with Gasteiger partial charge in [-0.25, -0.2) is 0 Å². The summed E-state index contributed by atoms with van der Waals surface area (Å²) >= 11 is 0. The van der Waals surface area contributed by atoms with Crippen molar-refractivity contribution in [1.82, 2.24) is 4.48 Å². The van der Waals surface area contributed by atoms with Gasteiger partial charge in [-0.05, 0) is 162 Å². The smallest absolute Gasteiger partial charge is 0.375 e. The minimum atomic E-state index is -0.283. The lowest BCUT2D eigenvalue weighted by atomic mass is 9.47. The predicted molar refractivity (Wildman–Crippen MR) is 345 cm³/mol. The molecule has 408 valence electrons. The van der Waals surface area contributed by atoms with E-state index in [1.54, 1.807) is 0 Å². The van der Waals surface area contributed by atoms with Crippen molar-refractivity contribution in [1.29, 1.82) is 0 Å². The molecule has 0 unspecified atom stereocenters. The van der Waals surface area contributed by atoms with Crippen molar-refractivity contribution < 1.29 is 4.42 Å². The van der Waals surface area contributed by atoms with E-state index in [0.29, 0.717) is 0 Å². The minimum Gasteiger partial charge on any atom is -0.466 e. The summed E-state index contributed by atoms with van der Waals surface area (Å²) in [6.07, 6.45) is 0. The number of furan rings is 1. The van der Waals surface area contributed by atoms with E-state index in [1.165, 1.54) is 106 Å². The van der Waals surface area contributed by atoms with Gasteiger partial charge >= 0.3 is 6.85 Å². The average molecular weight is 1050 g/mol. The lowest BCUT2D eigenvalue weighted by Crippen LogP contribution is -2.56. The number of benzene rings is 7. The molecule has 4 nitrogen and oxygen atoms in total. The number of hydrogen-bond acceptors (Lipinski definition) is 3. The molecular weight excluding hydrogens is 958 g/mol. The molecule has 2 aromatic heterocycles. The van der Waals surface area contributed by atoms with Crippen LogP contribution in [0.3, 0.4) is 0 Å². The van der Waals surface area contributed by atoms with Crippen LogP contribution in [0.25, 0.3) is 43.9 Å². The van der Waals surface area contributed by atoms with Gasteiger partial charge in [-0.15, -0.1) is 0 Å². The van der Waals surface area contributed by atoms with Crippen molar-refractivity contribution in [3.63, 3.8) is 0 Å². The third-order valence-electron chi connectivity index (χ3n) is 17.6. The van der Waals surface area contributed by atoms with Gasteiger partial charge in [-0.2, -0.15) is 0 Å². The zero-order valence-corrected chi connectivity index (χ0v) is 52.3. The third-order valence-corrected chi connectivity index (χ3v) is 17.6. The third kappa shape index (κ3) is 8.87. The van der Waals surface area contributed by atoms with Crippen molar-refractivity contribution in [3.05, 3.63) is 165 Å². The standard InChI is InChI=1S/C74H88BN3O/c1-43-36-48(71(12,13)14)37-44(2)63(43)76(51-29-24-45(25-30-51)68(3,4)5)59-35-33-53-54-39-50(73(18,19)20)42-60-62(54)75(78-58-34-28-47(70(9,10)11)38-55(58)61(59)64(53)78)67-65(77(60)52-31-26-46(27-32-52)69(6,7)8)56-40-49(72(15,16)17)41-57(66(56)79-67)74(21,22)23/h24-42H,1-23H3. The summed E-state index contributed by atoms with van der Waals surface area (Å²) in [7, 11) is 0. The molecule has 2 aliphatic rings. The van der Waals surface area contributed by atoms with E-state index in [9.17, 15) is 0 Å². The fourth-order valence-electron chi connectivity index (χ4n) is 12.8. The molecule has 79 heavy (non-hydrogen) atoms. The fraction of sp³-hybridized carbons (Fsp3) is 0.405. The van der Waals surface area contributed by atoms with Crippen molar-refractivity contribution in [2.24, 2.45) is 0 Å². The molecule has 11 rings (SSSR count). The van der Waals surface area contributed by atoms with E-state index in [-0.39, 0.29) is 44.8 Å². The van der Waals surface area contributed by atoms with Crippen LogP contribution in [0, 0.1) is 13.8 Å². The normalized spacial score (nSPS) is 14.2. The molecule has 7 aromatic carbocycles. The van der Waals surface area contributed by atoms with Crippen LogP contribution in [0.15, 0.2) is 120 Å². The largest absolute Gasteiger partial charge is 0.466 e. The van der Waals surface area contributed by atoms with Gasteiger partial charge in [0.15, 0.2) is 0 Å². The maximum Gasteiger partial charge on any atom is 0.375 e. The van der Waals surface area contributed by atoms with Gasteiger partial charge in [0.2, 0.25) is 0 Å². The van der Waals surface area contributed by atoms with Crippen LogP contribution in [-0.2, 0) is 37.9 Å². The molecule has 0 fully saturated rings. The van der Waals surface area contributed by atoms with Crippen molar-refractivity contribution in [3.8, 4) is 11.1 Å². The van der Waals surface area contributed by atoms with Gasteiger partial charge in [0.25, 0.3) is 0 Å². The Balaban J connectivity index is 1.34. The van der Waals surface area contributed by atoms with Gasteiger partial charge < -0.3 is 18.7 Å². The van der Waals surface area contributed by atoms with E-state index < -0.39 is 0 Å². The summed E-state index contributed by atoms with van der Waals surface area (Å²) in [4.78, 5) is 5.19. The van der Waals surface area contributed by atoms with Crippen molar-refractivity contribution in [2.75, 3.05) is 9.80 Å². The Labute approximate surface area is 474 Å². The van der Waals surface area contributed by atoms with Crippen LogP contribution in [0.1, 0.15) is 195 Å². The quantitative estimate of drug-likeness (QED) is 0.164. The summed E-state index contributed by atoms with van der Waals surface area (Å²) in [6, 6.07) is 46.0. The van der Waals surface area contributed by atoms with E-state index >= 15 is 0 Å². The maximum absolute atomic E-state index is 7.89. The Hall–Kier alpha value is -6.46. The molecule has 0 bridgehead atoms. The second-order valence-corrected chi connectivity index (χ2v) is 31.0. The first-order valence-corrected chi connectivity index (χ1v) is 29.3. The van der Waals surface area contributed by atoms with Crippen molar-refractivity contribution >= 4 is 84.9 Å². The van der Waals surface area contributed by atoms with Crippen LogP contribution in [-0.4, -0.2) is 11.3 Å². The molecule has 5 heteroatoms. The number of fused-ring (bicyclic) bond motifs is 9. The highest BCUT2D eigenvalue weighted by Crippen LogP contribution is 2.54. The monoisotopic (exact) mass is 1050 g/mol. The molecule has 0 radical (unpaired) electrons. The zero-order valence-electron chi connectivity index (χ0n) is 52.3. The van der Waals surface area contributed by atoms with Gasteiger partial charge in [0.1, 0.15) is 11.2 Å². The Morgan fingerprint density at radius 2 is 0.937 bits per heavy atom. The summed E-state index contributed by atoms with van der Waals surface area (Å²) < 4.78 is 10.6. The first-order valence-electron chi connectivity index (χ1n) is 29.3. The first-order chi connectivity index (χ1) is 36.4. The van der Waals surface area contributed by atoms with E-state index in [4.69, 9.17) is 4.42 Å². The van der Waals surface area contributed by atoms with Crippen LogP contribution >= 0.6 is 0 Å². The number of anilines is 6. The molecule has 9 aromatic rings. The highest BCUT2D eigenvalue weighted by Gasteiger charge is 2.48. The average Bonchev–Trinajstić information content (AvgIpc) is 3.69. The topological polar surface area (TPSA) is 24.6 Å².